The molecule has 4 heteroatoms. The van der Waals surface area contributed by atoms with Gasteiger partial charge < -0.3 is 14.8 Å². The first-order valence-electron chi connectivity index (χ1n) is 6.75. The van der Waals surface area contributed by atoms with E-state index < -0.39 is 0 Å². The second kappa shape index (κ2) is 8.86. The smallest absolute Gasteiger partial charge is 0.0480 e. The van der Waals surface area contributed by atoms with Crippen molar-refractivity contribution in [1.82, 2.24) is 10.2 Å². The van der Waals surface area contributed by atoms with Crippen molar-refractivity contribution in [3.05, 3.63) is 0 Å². The van der Waals surface area contributed by atoms with Crippen LogP contribution in [0.15, 0.2) is 0 Å². The second-order valence-electron chi connectivity index (χ2n) is 4.91. The number of hydrogen-bond acceptors (Lipinski definition) is 4. The van der Waals surface area contributed by atoms with Crippen LogP contribution in [-0.2, 0) is 9.47 Å². The van der Waals surface area contributed by atoms with Crippen LogP contribution in [0.5, 0.6) is 0 Å². The standard InChI is InChI=1S/C13H28N2O2/c1-12(11-14-7-4-8-16-3)15(2)13-5-9-17-10-6-13/h12-14H,4-11H2,1-3H3. The van der Waals surface area contributed by atoms with Gasteiger partial charge in [-0.15, -0.1) is 0 Å². The third kappa shape index (κ3) is 5.82. The molecule has 1 heterocycles. The first-order valence-corrected chi connectivity index (χ1v) is 6.75. The minimum atomic E-state index is 0.584. The highest BCUT2D eigenvalue weighted by atomic mass is 16.5. The Kier molecular flexibility index (Phi) is 7.77. The highest BCUT2D eigenvalue weighted by Gasteiger charge is 2.21. The topological polar surface area (TPSA) is 33.7 Å². The van der Waals surface area contributed by atoms with E-state index >= 15 is 0 Å². The molecule has 4 nitrogen and oxygen atoms in total. The first-order chi connectivity index (χ1) is 8.25. The number of rotatable bonds is 8. The van der Waals surface area contributed by atoms with Crippen molar-refractivity contribution in [3.8, 4) is 0 Å². The minimum absolute atomic E-state index is 0.584. The molecule has 102 valence electrons. The Balaban J connectivity index is 2.10. The van der Waals surface area contributed by atoms with Crippen LogP contribution in [0.2, 0.25) is 0 Å². The van der Waals surface area contributed by atoms with Gasteiger partial charge >= 0.3 is 0 Å². The van der Waals surface area contributed by atoms with Gasteiger partial charge in [-0.2, -0.15) is 0 Å². The first kappa shape index (κ1) is 14.9. The van der Waals surface area contributed by atoms with Crippen LogP contribution in [0.25, 0.3) is 0 Å². The average Bonchev–Trinajstić information content (AvgIpc) is 2.38. The van der Waals surface area contributed by atoms with Crippen LogP contribution < -0.4 is 5.32 Å². The molecule has 17 heavy (non-hydrogen) atoms. The second-order valence-corrected chi connectivity index (χ2v) is 4.91. The lowest BCUT2D eigenvalue weighted by atomic mass is 10.1. The zero-order chi connectivity index (χ0) is 12.5. The van der Waals surface area contributed by atoms with Gasteiger partial charge in [-0.3, -0.25) is 4.90 Å². The maximum atomic E-state index is 5.40. The van der Waals surface area contributed by atoms with Gasteiger partial charge in [0.2, 0.25) is 0 Å². The fourth-order valence-electron chi connectivity index (χ4n) is 2.25. The van der Waals surface area contributed by atoms with E-state index in [-0.39, 0.29) is 0 Å². The van der Waals surface area contributed by atoms with Crippen LogP contribution in [-0.4, -0.2) is 64.1 Å². The highest BCUT2D eigenvalue weighted by Crippen LogP contribution is 2.14. The molecule has 1 fully saturated rings. The fourth-order valence-corrected chi connectivity index (χ4v) is 2.25. The summed E-state index contributed by atoms with van der Waals surface area (Å²) in [5.41, 5.74) is 0. The van der Waals surface area contributed by atoms with Gasteiger partial charge in [0, 0.05) is 45.6 Å². The van der Waals surface area contributed by atoms with E-state index in [1.165, 1.54) is 12.8 Å². The Bertz CT molecular complexity index is 184. The predicted octanol–water partition coefficient (Wildman–Crippen LogP) is 1.11. The number of ether oxygens (including phenoxy) is 2. The summed E-state index contributed by atoms with van der Waals surface area (Å²) in [6.45, 7) is 7.07. The summed E-state index contributed by atoms with van der Waals surface area (Å²) < 4.78 is 10.4. The molecule has 0 radical (unpaired) electrons. The summed E-state index contributed by atoms with van der Waals surface area (Å²) in [7, 11) is 3.99. The van der Waals surface area contributed by atoms with Crippen molar-refractivity contribution < 1.29 is 9.47 Å². The van der Waals surface area contributed by atoms with E-state index in [9.17, 15) is 0 Å². The summed E-state index contributed by atoms with van der Waals surface area (Å²) in [6.07, 6.45) is 3.43. The molecule has 0 spiro atoms. The monoisotopic (exact) mass is 244 g/mol. The Morgan fingerprint density at radius 1 is 1.41 bits per heavy atom. The summed E-state index contributed by atoms with van der Waals surface area (Å²) >= 11 is 0. The molecule has 0 amide bonds. The Morgan fingerprint density at radius 3 is 2.76 bits per heavy atom. The van der Waals surface area contributed by atoms with Gasteiger partial charge in [0.1, 0.15) is 0 Å². The van der Waals surface area contributed by atoms with Crippen LogP contribution in [0.3, 0.4) is 0 Å². The van der Waals surface area contributed by atoms with Crippen molar-refractivity contribution in [2.75, 3.05) is 47.1 Å². The predicted molar refractivity (Wildman–Crippen MR) is 70.4 cm³/mol. The number of likely N-dealkylation sites (N-methyl/N-ethyl adjacent to an activating group) is 1. The molecule has 1 unspecified atom stereocenters. The SMILES string of the molecule is COCCCNCC(C)N(C)C1CCOCC1. The molecule has 1 aliphatic rings. The van der Waals surface area contributed by atoms with E-state index in [0.717, 1.165) is 39.3 Å². The molecule has 0 aromatic carbocycles. The van der Waals surface area contributed by atoms with Crippen molar-refractivity contribution >= 4 is 0 Å². The molecular formula is C13H28N2O2. The van der Waals surface area contributed by atoms with E-state index in [1.54, 1.807) is 7.11 Å². The lowest BCUT2D eigenvalue weighted by Crippen LogP contribution is -2.46. The zero-order valence-electron chi connectivity index (χ0n) is 11.6. The lowest BCUT2D eigenvalue weighted by Gasteiger charge is -2.35. The molecule has 1 aliphatic heterocycles. The van der Waals surface area contributed by atoms with Gasteiger partial charge in [0.25, 0.3) is 0 Å². The van der Waals surface area contributed by atoms with Gasteiger partial charge in [-0.25, -0.2) is 0 Å². The normalized spacial score (nSPS) is 19.8. The molecule has 1 atom stereocenters. The largest absolute Gasteiger partial charge is 0.385 e. The molecule has 0 bridgehead atoms. The van der Waals surface area contributed by atoms with E-state index in [0.29, 0.717) is 12.1 Å². The third-order valence-corrected chi connectivity index (χ3v) is 3.60. The van der Waals surface area contributed by atoms with Gasteiger partial charge in [-0.05, 0) is 39.8 Å². The summed E-state index contributed by atoms with van der Waals surface area (Å²) in [5, 5.41) is 3.49. The number of nitrogens with zero attached hydrogens (tertiary/aromatic N) is 1. The van der Waals surface area contributed by atoms with Crippen LogP contribution in [0, 0.1) is 0 Å². The van der Waals surface area contributed by atoms with Crippen LogP contribution >= 0.6 is 0 Å². The van der Waals surface area contributed by atoms with E-state index in [1.807, 2.05) is 0 Å². The van der Waals surface area contributed by atoms with E-state index in [4.69, 9.17) is 9.47 Å². The number of hydrogen-bond donors (Lipinski definition) is 1. The molecule has 0 aliphatic carbocycles. The van der Waals surface area contributed by atoms with Crippen molar-refractivity contribution in [2.45, 2.75) is 38.3 Å². The Hall–Kier alpha value is -0.160. The van der Waals surface area contributed by atoms with Crippen LogP contribution in [0.1, 0.15) is 26.2 Å². The number of nitrogens with one attached hydrogen (secondary N) is 1. The van der Waals surface area contributed by atoms with Gasteiger partial charge in [0.05, 0.1) is 0 Å². The van der Waals surface area contributed by atoms with Gasteiger partial charge in [0.15, 0.2) is 0 Å². The van der Waals surface area contributed by atoms with Crippen LogP contribution in [0.4, 0.5) is 0 Å². The fraction of sp³-hybridized carbons (Fsp3) is 1.00. The molecule has 1 saturated heterocycles. The maximum Gasteiger partial charge on any atom is 0.0480 e. The quantitative estimate of drug-likeness (QED) is 0.649. The molecule has 1 rings (SSSR count). The molecular weight excluding hydrogens is 216 g/mol. The summed E-state index contributed by atoms with van der Waals surface area (Å²) in [4.78, 5) is 2.49. The average molecular weight is 244 g/mol. The lowest BCUT2D eigenvalue weighted by molar-refractivity contribution is 0.0311. The molecule has 0 aromatic rings. The van der Waals surface area contributed by atoms with E-state index in [2.05, 4.69) is 24.2 Å². The maximum absolute atomic E-state index is 5.40. The zero-order valence-corrected chi connectivity index (χ0v) is 11.6. The molecule has 0 aromatic heterocycles. The molecule has 1 N–H and O–H groups in total. The number of methoxy groups -OCH3 is 1. The Morgan fingerprint density at radius 2 is 2.12 bits per heavy atom. The highest BCUT2D eigenvalue weighted by molar-refractivity contribution is 4.77. The van der Waals surface area contributed by atoms with Crippen molar-refractivity contribution in [2.24, 2.45) is 0 Å². The Labute approximate surface area is 106 Å². The van der Waals surface area contributed by atoms with Crippen molar-refractivity contribution in [1.29, 1.82) is 0 Å². The van der Waals surface area contributed by atoms with Crippen molar-refractivity contribution in [3.63, 3.8) is 0 Å². The van der Waals surface area contributed by atoms with Gasteiger partial charge in [-0.1, -0.05) is 0 Å². The molecule has 0 saturated carbocycles. The summed E-state index contributed by atoms with van der Waals surface area (Å²) in [6, 6.07) is 1.28. The minimum Gasteiger partial charge on any atom is -0.385 e. The third-order valence-electron chi connectivity index (χ3n) is 3.60. The summed E-state index contributed by atoms with van der Waals surface area (Å²) in [5.74, 6) is 0.